The first kappa shape index (κ1) is 14.6. The van der Waals surface area contributed by atoms with Crippen LogP contribution >= 0.6 is 11.6 Å². The molecule has 104 valence electrons. The second-order valence-corrected chi connectivity index (χ2v) is 4.52. The number of nitriles is 1. The van der Waals surface area contributed by atoms with Crippen LogP contribution in [0.4, 0.5) is 5.69 Å². The van der Waals surface area contributed by atoms with Crippen LogP contribution < -0.4 is 5.32 Å². The molecule has 6 heteroatoms. The first-order valence-corrected chi connectivity index (χ1v) is 6.24. The number of rotatable bonds is 3. The number of anilines is 1. The lowest BCUT2D eigenvalue weighted by molar-refractivity contribution is 0.0698. The summed E-state index contributed by atoms with van der Waals surface area (Å²) < 4.78 is 0. The number of carbonyl (C=O) groups is 2. The molecule has 0 heterocycles. The smallest absolute Gasteiger partial charge is 0.337 e. The number of nitrogens with one attached hydrogen (secondary N) is 1. The van der Waals surface area contributed by atoms with Gasteiger partial charge in [0.05, 0.1) is 27.9 Å². The van der Waals surface area contributed by atoms with Crippen molar-refractivity contribution in [1.29, 1.82) is 5.26 Å². The van der Waals surface area contributed by atoms with E-state index in [0.717, 1.165) is 0 Å². The molecular formula is C15H9ClN2O3. The van der Waals surface area contributed by atoms with Crippen molar-refractivity contribution in [3.63, 3.8) is 0 Å². The van der Waals surface area contributed by atoms with Crippen LogP contribution in [0, 0.1) is 11.3 Å². The lowest BCUT2D eigenvalue weighted by atomic mass is 10.1. The molecule has 1 amide bonds. The summed E-state index contributed by atoms with van der Waals surface area (Å²) in [4.78, 5) is 23.2. The van der Waals surface area contributed by atoms with Crippen LogP contribution in [0.2, 0.25) is 5.02 Å². The molecule has 0 aliphatic carbocycles. The number of para-hydroxylation sites is 1. The van der Waals surface area contributed by atoms with E-state index >= 15 is 0 Å². The van der Waals surface area contributed by atoms with E-state index in [4.69, 9.17) is 22.0 Å². The number of hydrogen-bond donors (Lipinski definition) is 2. The normalized spacial score (nSPS) is 9.71. The fraction of sp³-hybridized carbons (Fsp3) is 0. The molecule has 0 aliphatic rings. The largest absolute Gasteiger partial charge is 0.478 e. The van der Waals surface area contributed by atoms with E-state index in [2.05, 4.69) is 5.32 Å². The lowest BCUT2D eigenvalue weighted by Gasteiger charge is -2.10. The monoisotopic (exact) mass is 300 g/mol. The van der Waals surface area contributed by atoms with E-state index < -0.39 is 11.9 Å². The molecule has 2 rings (SSSR count). The van der Waals surface area contributed by atoms with Crippen LogP contribution in [-0.2, 0) is 0 Å². The van der Waals surface area contributed by atoms with Crippen molar-refractivity contribution in [3.05, 3.63) is 64.2 Å². The SMILES string of the molecule is N#Cc1ccc(C(=O)Nc2c(Cl)cccc2C(=O)O)cc1. The van der Waals surface area contributed by atoms with Crippen molar-refractivity contribution >= 4 is 29.2 Å². The Morgan fingerprint density at radius 1 is 1.14 bits per heavy atom. The molecular weight excluding hydrogens is 292 g/mol. The van der Waals surface area contributed by atoms with Gasteiger partial charge in [-0.05, 0) is 36.4 Å². The second-order valence-electron chi connectivity index (χ2n) is 4.11. The summed E-state index contributed by atoms with van der Waals surface area (Å²) in [6.07, 6.45) is 0. The second kappa shape index (κ2) is 6.07. The highest BCUT2D eigenvalue weighted by Gasteiger charge is 2.16. The standard InChI is InChI=1S/C15H9ClN2O3/c16-12-3-1-2-11(15(20)21)13(12)18-14(19)10-6-4-9(8-17)5-7-10/h1-7H,(H,18,19)(H,20,21). The molecule has 0 bridgehead atoms. The van der Waals surface area contributed by atoms with Crippen LogP contribution in [0.3, 0.4) is 0 Å². The summed E-state index contributed by atoms with van der Waals surface area (Å²) in [5.74, 6) is -1.69. The van der Waals surface area contributed by atoms with Crippen molar-refractivity contribution in [1.82, 2.24) is 0 Å². The third kappa shape index (κ3) is 3.19. The average molecular weight is 301 g/mol. The molecule has 0 fully saturated rings. The molecule has 21 heavy (non-hydrogen) atoms. The van der Waals surface area contributed by atoms with Crippen molar-refractivity contribution in [2.24, 2.45) is 0 Å². The minimum atomic E-state index is -1.19. The Kier molecular flexibility index (Phi) is 4.21. The zero-order valence-corrected chi connectivity index (χ0v) is 11.4. The first-order chi connectivity index (χ1) is 10.0. The maximum absolute atomic E-state index is 12.1. The van der Waals surface area contributed by atoms with Crippen LogP contribution in [0.15, 0.2) is 42.5 Å². The zero-order valence-electron chi connectivity index (χ0n) is 10.6. The van der Waals surface area contributed by atoms with Gasteiger partial charge in [-0.15, -0.1) is 0 Å². The Morgan fingerprint density at radius 2 is 1.81 bits per heavy atom. The molecule has 0 spiro atoms. The Morgan fingerprint density at radius 3 is 2.38 bits per heavy atom. The van der Waals surface area contributed by atoms with Gasteiger partial charge in [0.15, 0.2) is 0 Å². The van der Waals surface area contributed by atoms with Gasteiger partial charge >= 0.3 is 5.97 Å². The summed E-state index contributed by atoms with van der Waals surface area (Å²) in [6.45, 7) is 0. The third-order valence-corrected chi connectivity index (χ3v) is 3.07. The van der Waals surface area contributed by atoms with Crippen molar-refractivity contribution in [2.45, 2.75) is 0 Å². The molecule has 0 aromatic heterocycles. The number of carbonyl (C=O) groups excluding carboxylic acids is 1. The van der Waals surface area contributed by atoms with Gasteiger partial charge in [-0.1, -0.05) is 17.7 Å². The van der Waals surface area contributed by atoms with Gasteiger partial charge in [-0.2, -0.15) is 5.26 Å². The number of nitrogens with zero attached hydrogens (tertiary/aromatic N) is 1. The molecule has 0 unspecified atom stereocenters. The van der Waals surface area contributed by atoms with Crippen molar-refractivity contribution in [3.8, 4) is 6.07 Å². The predicted octanol–water partition coefficient (Wildman–Crippen LogP) is 3.16. The van der Waals surface area contributed by atoms with E-state index in [-0.39, 0.29) is 16.3 Å². The van der Waals surface area contributed by atoms with Gasteiger partial charge < -0.3 is 10.4 Å². The molecule has 5 nitrogen and oxygen atoms in total. The summed E-state index contributed by atoms with van der Waals surface area (Å²) in [6, 6.07) is 12.2. The van der Waals surface area contributed by atoms with Gasteiger partial charge in [0.25, 0.3) is 5.91 Å². The van der Waals surface area contributed by atoms with E-state index in [9.17, 15) is 9.59 Å². The molecule has 2 N–H and O–H groups in total. The highest BCUT2D eigenvalue weighted by molar-refractivity contribution is 6.34. The van der Waals surface area contributed by atoms with E-state index in [0.29, 0.717) is 11.1 Å². The van der Waals surface area contributed by atoms with Crippen molar-refractivity contribution < 1.29 is 14.7 Å². The number of aromatic carboxylic acids is 1. The number of hydrogen-bond acceptors (Lipinski definition) is 3. The molecule has 0 atom stereocenters. The summed E-state index contributed by atoms with van der Waals surface area (Å²) >= 11 is 5.93. The van der Waals surface area contributed by atoms with Gasteiger partial charge in [-0.3, -0.25) is 4.79 Å². The van der Waals surface area contributed by atoms with Gasteiger partial charge in [0.1, 0.15) is 0 Å². The Labute approximate surface area is 125 Å². The van der Waals surface area contributed by atoms with Gasteiger partial charge in [-0.25, -0.2) is 4.79 Å². The quantitative estimate of drug-likeness (QED) is 0.911. The summed E-state index contributed by atoms with van der Waals surface area (Å²) in [7, 11) is 0. The molecule has 2 aromatic carbocycles. The number of carboxylic acid groups (broad SMARTS) is 1. The highest BCUT2D eigenvalue weighted by atomic mass is 35.5. The fourth-order valence-corrected chi connectivity index (χ4v) is 1.93. The minimum absolute atomic E-state index is 0.0426. The highest BCUT2D eigenvalue weighted by Crippen LogP contribution is 2.26. The molecule has 0 saturated heterocycles. The molecule has 0 radical (unpaired) electrons. The van der Waals surface area contributed by atoms with Crippen LogP contribution in [0.5, 0.6) is 0 Å². The summed E-state index contributed by atoms with van der Waals surface area (Å²) in [5.41, 5.74) is 0.672. The van der Waals surface area contributed by atoms with E-state index in [1.54, 1.807) is 0 Å². The molecule has 2 aromatic rings. The number of benzene rings is 2. The fourth-order valence-electron chi connectivity index (χ4n) is 1.71. The van der Waals surface area contributed by atoms with E-state index in [1.165, 1.54) is 42.5 Å². The maximum atomic E-state index is 12.1. The Balaban J connectivity index is 2.31. The van der Waals surface area contributed by atoms with Crippen molar-refractivity contribution in [2.75, 3.05) is 5.32 Å². The predicted molar refractivity (Wildman–Crippen MR) is 77.5 cm³/mol. The topological polar surface area (TPSA) is 90.2 Å². The molecule has 0 aliphatic heterocycles. The third-order valence-electron chi connectivity index (χ3n) is 2.76. The Bertz CT molecular complexity index is 749. The number of amides is 1. The van der Waals surface area contributed by atoms with Crippen LogP contribution in [-0.4, -0.2) is 17.0 Å². The number of halogens is 1. The minimum Gasteiger partial charge on any atom is -0.478 e. The lowest BCUT2D eigenvalue weighted by Crippen LogP contribution is -2.15. The van der Waals surface area contributed by atoms with Crippen LogP contribution in [0.1, 0.15) is 26.3 Å². The van der Waals surface area contributed by atoms with Crippen LogP contribution in [0.25, 0.3) is 0 Å². The molecule has 0 saturated carbocycles. The van der Waals surface area contributed by atoms with Gasteiger partial charge in [0.2, 0.25) is 0 Å². The number of carboxylic acids is 1. The maximum Gasteiger partial charge on any atom is 0.337 e. The first-order valence-electron chi connectivity index (χ1n) is 5.86. The van der Waals surface area contributed by atoms with E-state index in [1.807, 2.05) is 6.07 Å². The van der Waals surface area contributed by atoms with Gasteiger partial charge in [0, 0.05) is 5.56 Å². The summed E-state index contributed by atoms with van der Waals surface area (Å²) in [5, 5.41) is 20.4. The zero-order chi connectivity index (χ0) is 15.4. The average Bonchev–Trinajstić information content (AvgIpc) is 2.49. The Hall–Kier alpha value is -2.84.